The minimum atomic E-state index is -1.30. The molecule has 0 bridgehead atoms. The lowest BCUT2D eigenvalue weighted by atomic mass is 9.99. The predicted molar refractivity (Wildman–Crippen MR) is 115 cm³/mol. The van der Waals surface area contributed by atoms with Crippen molar-refractivity contribution in [1.82, 2.24) is 9.55 Å². The van der Waals surface area contributed by atoms with E-state index in [-0.39, 0.29) is 44.0 Å². The van der Waals surface area contributed by atoms with E-state index in [1.165, 1.54) is 30.3 Å². The molecule has 160 valence electrons. The van der Waals surface area contributed by atoms with Gasteiger partial charge in [-0.3, -0.25) is 0 Å². The number of carboxylic acid groups (broad SMARTS) is 1. The molecule has 1 aromatic heterocycles. The molecule has 0 fully saturated rings. The van der Waals surface area contributed by atoms with Gasteiger partial charge in [0.05, 0.1) is 28.0 Å². The molecule has 6 nitrogen and oxygen atoms in total. The zero-order valence-electron chi connectivity index (χ0n) is 16.3. The lowest BCUT2D eigenvalue weighted by Crippen LogP contribution is -2.21. The Labute approximate surface area is 190 Å². The third-order valence-corrected chi connectivity index (χ3v) is 5.45. The van der Waals surface area contributed by atoms with Crippen LogP contribution in [0.1, 0.15) is 53.2 Å². The fourth-order valence-corrected chi connectivity index (χ4v) is 4.18. The molecule has 0 saturated carbocycles. The predicted octanol–water partition coefficient (Wildman–Crippen LogP) is 5.93. The number of aromatic nitrogens is 2. The monoisotopic (exact) mass is 508 g/mol. The molecule has 0 aliphatic heterocycles. The highest BCUT2D eigenvalue weighted by Crippen LogP contribution is 2.35. The van der Waals surface area contributed by atoms with Crippen molar-refractivity contribution in [3.63, 3.8) is 0 Å². The van der Waals surface area contributed by atoms with Gasteiger partial charge in [-0.05, 0) is 59.6 Å². The molecule has 3 rings (SSSR count). The number of benzene rings is 2. The molecule has 1 heterocycles. The summed E-state index contributed by atoms with van der Waals surface area (Å²) in [7, 11) is 0. The average Bonchev–Trinajstić information content (AvgIpc) is 3.06. The van der Waals surface area contributed by atoms with Gasteiger partial charge in [-0.1, -0.05) is 23.7 Å². The SMILES string of the molecule is CC(C)n1c(Br)nc(C(=O)O)c1C(Nc1cccc(Cl)c1F)c1ccc(C#N)c(F)c1. The van der Waals surface area contributed by atoms with Crippen molar-refractivity contribution in [2.75, 3.05) is 5.32 Å². The number of nitrogens with zero attached hydrogens (tertiary/aromatic N) is 3. The fraction of sp³-hybridized carbons (Fsp3) is 0.190. The standard InChI is InChI=1S/C21H16BrClF2N4O2/c1-10(2)29-19(18(20(30)31)28-21(29)22)17(11-6-7-12(9-26)14(24)8-11)27-15-5-3-4-13(23)16(15)25/h3-8,10,17,27H,1-2H3,(H,30,31). The van der Waals surface area contributed by atoms with Crippen molar-refractivity contribution in [2.45, 2.75) is 25.9 Å². The number of carbonyl (C=O) groups is 1. The molecule has 0 amide bonds. The third-order valence-electron chi connectivity index (χ3n) is 4.60. The molecular weight excluding hydrogens is 494 g/mol. The minimum absolute atomic E-state index is 0.00812. The first-order chi connectivity index (χ1) is 14.6. The number of anilines is 1. The summed E-state index contributed by atoms with van der Waals surface area (Å²) in [6.07, 6.45) is 0. The molecule has 0 saturated heterocycles. The van der Waals surface area contributed by atoms with Crippen molar-refractivity contribution in [1.29, 1.82) is 5.26 Å². The van der Waals surface area contributed by atoms with E-state index in [0.29, 0.717) is 0 Å². The Balaban J connectivity index is 2.29. The molecule has 1 atom stereocenters. The van der Waals surface area contributed by atoms with E-state index in [2.05, 4.69) is 26.2 Å². The molecule has 2 aromatic carbocycles. The number of nitrogens with one attached hydrogen (secondary N) is 1. The molecule has 3 aromatic rings. The number of carboxylic acids is 1. The fourth-order valence-electron chi connectivity index (χ4n) is 3.22. The van der Waals surface area contributed by atoms with Crippen LogP contribution in [-0.2, 0) is 0 Å². The van der Waals surface area contributed by atoms with Crippen molar-refractivity contribution in [2.24, 2.45) is 0 Å². The highest BCUT2D eigenvalue weighted by molar-refractivity contribution is 9.10. The van der Waals surface area contributed by atoms with Crippen LogP contribution in [0.3, 0.4) is 0 Å². The highest BCUT2D eigenvalue weighted by atomic mass is 79.9. The number of nitriles is 1. The first kappa shape index (κ1) is 22.7. The third kappa shape index (κ3) is 4.40. The molecule has 10 heteroatoms. The lowest BCUT2D eigenvalue weighted by molar-refractivity contribution is 0.0689. The van der Waals surface area contributed by atoms with Gasteiger partial charge >= 0.3 is 5.97 Å². The van der Waals surface area contributed by atoms with Gasteiger partial charge in [-0.2, -0.15) is 5.26 Å². The van der Waals surface area contributed by atoms with E-state index in [0.717, 1.165) is 6.07 Å². The number of halogens is 4. The second kappa shape index (κ2) is 9.04. The normalized spacial score (nSPS) is 11.9. The summed E-state index contributed by atoms with van der Waals surface area (Å²) in [5.41, 5.74) is -0.0181. The number of aromatic carboxylic acids is 1. The molecule has 0 aliphatic rings. The smallest absolute Gasteiger partial charge is 0.356 e. The van der Waals surface area contributed by atoms with Crippen LogP contribution in [0.5, 0.6) is 0 Å². The van der Waals surface area contributed by atoms with Crippen molar-refractivity contribution in [3.05, 3.63) is 80.3 Å². The topological polar surface area (TPSA) is 90.9 Å². The van der Waals surface area contributed by atoms with E-state index in [1.54, 1.807) is 10.6 Å². The Morgan fingerprint density at radius 3 is 2.61 bits per heavy atom. The number of hydrogen-bond acceptors (Lipinski definition) is 4. The largest absolute Gasteiger partial charge is 0.476 e. The second-order valence-electron chi connectivity index (χ2n) is 6.91. The molecule has 1 unspecified atom stereocenters. The Morgan fingerprint density at radius 1 is 1.32 bits per heavy atom. The van der Waals surface area contributed by atoms with Crippen LogP contribution >= 0.6 is 27.5 Å². The van der Waals surface area contributed by atoms with E-state index in [9.17, 15) is 18.7 Å². The maximum Gasteiger partial charge on any atom is 0.356 e. The Morgan fingerprint density at radius 2 is 2.03 bits per heavy atom. The van der Waals surface area contributed by atoms with Crippen LogP contribution in [0.2, 0.25) is 5.02 Å². The second-order valence-corrected chi connectivity index (χ2v) is 8.03. The van der Waals surface area contributed by atoms with Gasteiger partial charge in [0.25, 0.3) is 0 Å². The number of hydrogen-bond donors (Lipinski definition) is 2. The summed E-state index contributed by atoms with van der Waals surface area (Å²) in [5.74, 6) is -2.83. The van der Waals surface area contributed by atoms with E-state index >= 15 is 0 Å². The van der Waals surface area contributed by atoms with Gasteiger partial charge in [0.2, 0.25) is 0 Å². The summed E-state index contributed by atoms with van der Waals surface area (Å²) < 4.78 is 31.0. The molecule has 0 aliphatic carbocycles. The zero-order valence-corrected chi connectivity index (χ0v) is 18.7. The Bertz CT molecular complexity index is 1210. The van der Waals surface area contributed by atoms with Gasteiger partial charge in [0.1, 0.15) is 11.9 Å². The van der Waals surface area contributed by atoms with Crippen LogP contribution in [0.15, 0.2) is 41.1 Å². The summed E-state index contributed by atoms with van der Waals surface area (Å²) in [6.45, 7) is 3.63. The number of rotatable bonds is 6. The van der Waals surface area contributed by atoms with Gasteiger partial charge < -0.3 is 15.0 Å². The average molecular weight is 510 g/mol. The van der Waals surface area contributed by atoms with Crippen molar-refractivity contribution < 1.29 is 18.7 Å². The van der Waals surface area contributed by atoms with Crippen LogP contribution in [0, 0.1) is 23.0 Å². The van der Waals surface area contributed by atoms with Crippen LogP contribution in [-0.4, -0.2) is 20.6 Å². The van der Waals surface area contributed by atoms with Gasteiger partial charge in [-0.15, -0.1) is 0 Å². The molecule has 2 N–H and O–H groups in total. The summed E-state index contributed by atoms with van der Waals surface area (Å²) in [5, 5.41) is 21.6. The molecule has 0 radical (unpaired) electrons. The Kier molecular flexibility index (Phi) is 6.62. The molecular formula is C21H16BrClF2N4O2. The van der Waals surface area contributed by atoms with E-state index < -0.39 is 23.6 Å². The quantitative estimate of drug-likeness (QED) is 0.430. The maximum absolute atomic E-state index is 14.7. The number of imidazole rings is 1. The first-order valence-corrected chi connectivity index (χ1v) is 10.2. The summed E-state index contributed by atoms with van der Waals surface area (Å²) in [4.78, 5) is 16.0. The zero-order chi connectivity index (χ0) is 22.9. The van der Waals surface area contributed by atoms with Crippen LogP contribution in [0.25, 0.3) is 0 Å². The van der Waals surface area contributed by atoms with Crippen LogP contribution in [0.4, 0.5) is 14.5 Å². The van der Waals surface area contributed by atoms with Crippen molar-refractivity contribution >= 4 is 39.2 Å². The van der Waals surface area contributed by atoms with Crippen molar-refractivity contribution in [3.8, 4) is 6.07 Å². The maximum atomic E-state index is 14.7. The van der Waals surface area contributed by atoms with Gasteiger partial charge in [0, 0.05) is 6.04 Å². The minimum Gasteiger partial charge on any atom is -0.476 e. The molecule has 0 spiro atoms. The first-order valence-electron chi connectivity index (χ1n) is 9.06. The van der Waals surface area contributed by atoms with Gasteiger partial charge in [0.15, 0.2) is 16.2 Å². The van der Waals surface area contributed by atoms with Crippen LogP contribution < -0.4 is 5.32 Å². The van der Waals surface area contributed by atoms with E-state index in [4.69, 9.17) is 16.9 Å². The van der Waals surface area contributed by atoms with Gasteiger partial charge in [-0.25, -0.2) is 18.6 Å². The highest BCUT2D eigenvalue weighted by Gasteiger charge is 2.31. The lowest BCUT2D eigenvalue weighted by Gasteiger charge is -2.25. The summed E-state index contributed by atoms with van der Waals surface area (Å²) in [6, 6.07) is 8.66. The summed E-state index contributed by atoms with van der Waals surface area (Å²) >= 11 is 9.17. The van der Waals surface area contributed by atoms with E-state index in [1.807, 2.05) is 13.8 Å². The Hall–Kier alpha value is -2.96. The molecule has 31 heavy (non-hydrogen) atoms.